The van der Waals surface area contributed by atoms with E-state index < -0.39 is 0 Å². The summed E-state index contributed by atoms with van der Waals surface area (Å²) in [5, 5.41) is 3.54. The largest absolute Gasteiger partial charge is 0.313 e. The molecule has 3 rings (SSSR count). The fourth-order valence-corrected chi connectivity index (χ4v) is 3.26. The number of nitrogens with zero attached hydrogens (tertiary/aromatic N) is 2. The lowest BCUT2D eigenvalue weighted by molar-refractivity contribution is -0.138. The van der Waals surface area contributed by atoms with Crippen LogP contribution in [-0.2, 0) is 9.59 Å². The first-order chi connectivity index (χ1) is 9.72. The van der Waals surface area contributed by atoms with Crippen molar-refractivity contribution in [2.24, 2.45) is 5.92 Å². The van der Waals surface area contributed by atoms with E-state index >= 15 is 0 Å². The molecule has 1 unspecified atom stereocenters. The van der Waals surface area contributed by atoms with Crippen LogP contribution in [-0.4, -0.2) is 60.4 Å². The van der Waals surface area contributed by atoms with Crippen molar-refractivity contribution in [3.05, 3.63) is 0 Å². The number of rotatable bonds is 7. The second-order valence-electron chi connectivity index (χ2n) is 6.44. The van der Waals surface area contributed by atoms with Gasteiger partial charge < -0.3 is 5.32 Å². The van der Waals surface area contributed by atoms with Crippen molar-refractivity contribution in [1.29, 1.82) is 0 Å². The molecule has 2 saturated heterocycles. The summed E-state index contributed by atoms with van der Waals surface area (Å²) in [5.74, 6) is 0.877. The summed E-state index contributed by atoms with van der Waals surface area (Å²) in [5.41, 5.74) is 0. The maximum absolute atomic E-state index is 11.7. The smallest absolute Gasteiger partial charge is 0.229 e. The van der Waals surface area contributed by atoms with Gasteiger partial charge in [-0.3, -0.25) is 19.4 Å². The van der Waals surface area contributed by atoms with Gasteiger partial charge in [0.05, 0.1) is 0 Å². The molecule has 20 heavy (non-hydrogen) atoms. The standard InChI is InChI=1S/C15H25N3O2/c19-14-5-6-15(20)18(14)9-8-17(10-12-3-4-12)11-13-2-1-7-16-13/h12-13,16H,1-11H2. The van der Waals surface area contributed by atoms with E-state index in [0.717, 1.165) is 32.1 Å². The normalized spacial score (nSPS) is 27.1. The summed E-state index contributed by atoms with van der Waals surface area (Å²) in [6.07, 6.45) is 6.03. The number of carbonyl (C=O) groups is 2. The first-order valence-corrected chi connectivity index (χ1v) is 8.01. The Bertz CT molecular complexity index is 359. The van der Waals surface area contributed by atoms with Gasteiger partial charge >= 0.3 is 0 Å². The molecule has 0 spiro atoms. The molecule has 3 aliphatic rings. The molecule has 1 N–H and O–H groups in total. The molecule has 0 radical (unpaired) electrons. The van der Waals surface area contributed by atoms with Crippen LogP contribution in [0.5, 0.6) is 0 Å². The molecule has 0 bridgehead atoms. The third-order valence-corrected chi connectivity index (χ3v) is 4.65. The maximum atomic E-state index is 11.7. The Labute approximate surface area is 120 Å². The van der Waals surface area contributed by atoms with E-state index in [4.69, 9.17) is 0 Å². The number of hydrogen-bond donors (Lipinski definition) is 1. The number of imide groups is 1. The number of amides is 2. The van der Waals surface area contributed by atoms with Crippen LogP contribution in [0.4, 0.5) is 0 Å². The van der Waals surface area contributed by atoms with Crippen LogP contribution < -0.4 is 5.32 Å². The molecule has 1 aliphatic carbocycles. The van der Waals surface area contributed by atoms with Crippen LogP contribution in [0.3, 0.4) is 0 Å². The molecule has 1 atom stereocenters. The Morgan fingerprint density at radius 1 is 1.10 bits per heavy atom. The molecular formula is C15H25N3O2. The van der Waals surface area contributed by atoms with Gasteiger partial charge in [0.25, 0.3) is 0 Å². The predicted molar refractivity (Wildman–Crippen MR) is 76.1 cm³/mol. The summed E-state index contributed by atoms with van der Waals surface area (Å²) in [7, 11) is 0. The van der Waals surface area contributed by atoms with E-state index in [0.29, 0.717) is 25.4 Å². The second-order valence-corrected chi connectivity index (χ2v) is 6.44. The van der Waals surface area contributed by atoms with E-state index in [1.165, 1.54) is 30.6 Å². The molecule has 112 valence electrons. The van der Waals surface area contributed by atoms with Gasteiger partial charge in [-0.2, -0.15) is 0 Å². The molecule has 0 aromatic rings. The van der Waals surface area contributed by atoms with Crippen molar-refractivity contribution in [3.8, 4) is 0 Å². The van der Waals surface area contributed by atoms with Crippen LogP contribution in [0.15, 0.2) is 0 Å². The quantitative estimate of drug-likeness (QED) is 0.693. The molecule has 2 heterocycles. The third-order valence-electron chi connectivity index (χ3n) is 4.65. The maximum Gasteiger partial charge on any atom is 0.229 e. The zero-order valence-electron chi connectivity index (χ0n) is 12.1. The number of hydrogen-bond acceptors (Lipinski definition) is 4. The van der Waals surface area contributed by atoms with Gasteiger partial charge in [-0.15, -0.1) is 0 Å². The lowest BCUT2D eigenvalue weighted by Crippen LogP contribution is -2.43. The Morgan fingerprint density at radius 2 is 1.85 bits per heavy atom. The van der Waals surface area contributed by atoms with E-state index in [-0.39, 0.29) is 11.8 Å². The van der Waals surface area contributed by atoms with Gasteiger partial charge in [0, 0.05) is 45.1 Å². The molecule has 3 fully saturated rings. The first-order valence-electron chi connectivity index (χ1n) is 8.01. The molecular weight excluding hydrogens is 254 g/mol. The zero-order chi connectivity index (χ0) is 13.9. The lowest BCUT2D eigenvalue weighted by Gasteiger charge is -2.27. The minimum absolute atomic E-state index is 0.0142. The number of likely N-dealkylation sites (tertiary alicyclic amines) is 1. The molecule has 5 heteroatoms. The fourth-order valence-electron chi connectivity index (χ4n) is 3.26. The summed E-state index contributed by atoms with van der Waals surface area (Å²) in [6, 6.07) is 0.596. The van der Waals surface area contributed by atoms with Gasteiger partial charge in [0.2, 0.25) is 11.8 Å². The van der Waals surface area contributed by atoms with Crippen LogP contribution >= 0.6 is 0 Å². The van der Waals surface area contributed by atoms with E-state index in [1.807, 2.05) is 0 Å². The third kappa shape index (κ3) is 3.58. The Kier molecular flexibility index (Phi) is 4.36. The van der Waals surface area contributed by atoms with Crippen molar-refractivity contribution in [3.63, 3.8) is 0 Å². The first kappa shape index (κ1) is 14.0. The molecule has 2 amide bonds. The average molecular weight is 279 g/mol. The predicted octanol–water partition coefficient (Wildman–Crippen LogP) is 0.599. The van der Waals surface area contributed by atoms with Crippen LogP contribution in [0.2, 0.25) is 0 Å². The van der Waals surface area contributed by atoms with Crippen LogP contribution in [0, 0.1) is 5.92 Å². The molecule has 5 nitrogen and oxygen atoms in total. The number of carbonyl (C=O) groups excluding carboxylic acids is 2. The zero-order valence-corrected chi connectivity index (χ0v) is 12.1. The fraction of sp³-hybridized carbons (Fsp3) is 0.867. The van der Waals surface area contributed by atoms with E-state index in [1.54, 1.807) is 0 Å². The van der Waals surface area contributed by atoms with E-state index in [9.17, 15) is 9.59 Å². The monoisotopic (exact) mass is 279 g/mol. The van der Waals surface area contributed by atoms with Gasteiger partial charge in [-0.1, -0.05) is 0 Å². The Morgan fingerprint density at radius 3 is 2.45 bits per heavy atom. The summed E-state index contributed by atoms with van der Waals surface area (Å²) in [6.45, 7) is 4.75. The van der Waals surface area contributed by atoms with Crippen molar-refractivity contribution in [2.45, 2.75) is 44.6 Å². The van der Waals surface area contributed by atoms with Crippen LogP contribution in [0.25, 0.3) is 0 Å². The Hall–Kier alpha value is -0.940. The Balaban J connectivity index is 1.49. The van der Waals surface area contributed by atoms with Crippen molar-refractivity contribution >= 4 is 11.8 Å². The highest BCUT2D eigenvalue weighted by molar-refractivity contribution is 6.01. The molecule has 2 aliphatic heterocycles. The highest BCUT2D eigenvalue weighted by atomic mass is 16.2. The molecule has 0 aromatic carbocycles. The summed E-state index contributed by atoms with van der Waals surface area (Å²) in [4.78, 5) is 27.2. The lowest BCUT2D eigenvalue weighted by atomic mass is 10.2. The van der Waals surface area contributed by atoms with Crippen molar-refractivity contribution < 1.29 is 9.59 Å². The number of nitrogens with one attached hydrogen (secondary N) is 1. The van der Waals surface area contributed by atoms with Crippen molar-refractivity contribution in [1.82, 2.24) is 15.1 Å². The van der Waals surface area contributed by atoms with Crippen molar-refractivity contribution in [2.75, 3.05) is 32.7 Å². The average Bonchev–Trinajstić information content (AvgIpc) is 2.98. The van der Waals surface area contributed by atoms with Gasteiger partial charge in [-0.05, 0) is 38.1 Å². The van der Waals surface area contributed by atoms with Gasteiger partial charge in [-0.25, -0.2) is 0 Å². The highest BCUT2D eigenvalue weighted by Gasteiger charge is 2.30. The van der Waals surface area contributed by atoms with Gasteiger partial charge in [0.15, 0.2) is 0 Å². The highest BCUT2D eigenvalue weighted by Crippen LogP contribution is 2.30. The topological polar surface area (TPSA) is 52.7 Å². The van der Waals surface area contributed by atoms with Crippen LogP contribution in [0.1, 0.15) is 38.5 Å². The minimum Gasteiger partial charge on any atom is -0.313 e. The minimum atomic E-state index is 0.0142. The summed E-state index contributed by atoms with van der Waals surface area (Å²) >= 11 is 0. The summed E-state index contributed by atoms with van der Waals surface area (Å²) < 4.78 is 0. The molecule has 1 saturated carbocycles. The van der Waals surface area contributed by atoms with Gasteiger partial charge in [0.1, 0.15) is 0 Å². The molecule has 0 aromatic heterocycles. The SMILES string of the molecule is O=C1CCC(=O)N1CCN(CC1CC1)CC1CCCN1. The van der Waals surface area contributed by atoms with E-state index in [2.05, 4.69) is 10.2 Å². The second kappa shape index (κ2) is 6.22.